The molecule has 2 N–H and O–H groups in total. The minimum Gasteiger partial charge on any atom is -0.472 e. The largest absolute Gasteiger partial charge is 0.472 e. The highest BCUT2D eigenvalue weighted by Gasteiger charge is 2.15. The molecule has 0 fully saturated rings. The molecule has 2 rings (SSSR count). The first-order valence-electron chi connectivity index (χ1n) is 6.89. The summed E-state index contributed by atoms with van der Waals surface area (Å²) in [5.41, 5.74) is 2.52. The zero-order chi connectivity index (χ0) is 15.5. The van der Waals surface area contributed by atoms with Crippen LogP contribution in [0, 0.1) is 10.8 Å². The normalized spacial score (nSPS) is 11.0. The van der Waals surface area contributed by atoms with E-state index >= 15 is 0 Å². The summed E-state index contributed by atoms with van der Waals surface area (Å²) in [7, 11) is 0. The molecule has 0 aromatic heterocycles. The van der Waals surface area contributed by atoms with Gasteiger partial charge in [0.15, 0.2) is 0 Å². The maximum Gasteiger partial charge on any atom is 0.213 e. The molecule has 0 aliphatic heterocycles. The summed E-state index contributed by atoms with van der Waals surface area (Å²) >= 11 is 0. The average molecular weight is 280 g/mol. The van der Waals surface area contributed by atoms with Crippen molar-refractivity contribution in [2.24, 2.45) is 0 Å². The first-order valence-corrected chi connectivity index (χ1v) is 6.89. The molecule has 2 aromatic carbocycles. The van der Waals surface area contributed by atoms with Gasteiger partial charge in [0.1, 0.15) is 5.60 Å². The van der Waals surface area contributed by atoms with Crippen molar-refractivity contribution in [2.75, 3.05) is 0 Å². The number of ether oxygens (including phenoxy) is 1. The quantitative estimate of drug-likeness (QED) is 0.641. The molecule has 108 valence electrons. The van der Waals surface area contributed by atoms with Crippen LogP contribution in [0.25, 0.3) is 0 Å². The molecule has 0 bridgehead atoms. The standard InChI is InChI=1S/C18H20N2O/c1-18(2,3)21-17(20)15-11-9-14(10-12-15)16(19)13-7-5-4-6-8-13/h4-12,19-20H,1-3H3. The first-order chi connectivity index (χ1) is 9.87. The second kappa shape index (κ2) is 5.92. The van der Waals surface area contributed by atoms with E-state index in [9.17, 15) is 0 Å². The molecule has 0 radical (unpaired) electrons. The van der Waals surface area contributed by atoms with Crippen molar-refractivity contribution >= 4 is 11.6 Å². The van der Waals surface area contributed by atoms with Gasteiger partial charge in [-0.3, -0.25) is 10.8 Å². The molecule has 21 heavy (non-hydrogen) atoms. The van der Waals surface area contributed by atoms with E-state index in [0.29, 0.717) is 5.71 Å². The van der Waals surface area contributed by atoms with Crippen LogP contribution < -0.4 is 0 Å². The van der Waals surface area contributed by atoms with Crippen LogP contribution in [0.4, 0.5) is 0 Å². The van der Waals surface area contributed by atoms with Crippen molar-refractivity contribution in [3.8, 4) is 0 Å². The molecule has 0 aliphatic carbocycles. The number of rotatable bonds is 3. The van der Waals surface area contributed by atoms with Crippen LogP contribution in [-0.2, 0) is 4.74 Å². The summed E-state index contributed by atoms with van der Waals surface area (Å²) in [6.45, 7) is 5.75. The predicted molar refractivity (Wildman–Crippen MR) is 86.5 cm³/mol. The Labute approximate surface area is 125 Å². The van der Waals surface area contributed by atoms with Gasteiger partial charge in [0, 0.05) is 11.1 Å². The molecule has 3 heteroatoms. The van der Waals surface area contributed by atoms with Gasteiger partial charge in [-0.2, -0.15) is 0 Å². The van der Waals surface area contributed by atoms with Gasteiger partial charge in [0.05, 0.1) is 5.71 Å². The zero-order valence-corrected chi connectivity index (χ0v) is 12.6. The van der Waals surface area contributed by atoms with Gasteiger partial charge >= 0.3 is 0 Å². The third kappa shape index (κ3) is 4.02. The first kappa shape index (κ1) is 15.0. The Hall–Kier alpha value is -2.42. The minimum atomic E-state index is -0.382. The molecular formula is C18H20N2O. The van der Waals surface area contributed by atoms with Crippen molar-refractivity contribution in [3.63, 3.8) is 0 Å². The van der Waals surface area contributed by atoms with E-state index < -0.39 is 0 Å². The smallest absolute Gasteiger partial charge is 0.213 e. The van der Waals surface area contributed by atoms with E-state index in [1.165, 1.54) is 0 Å². The number of nitrogens with one attached hydrogen (secondary N) is 2. The van der Waals surface area contributed by atoms with Crippen molar-refractivity contribution in [3.05, 3.63) is 71.3 Å². The lowest BCUT2D eigenvalue weighted by Gasteiger charge is -2.21. The fourth-order valence-corrected chi connectivity index (χ4v) is 1.92. The van der Waals surface area contributed by atoms with E-state index in [4.69, 9.17) is 15.6 Å². The predicted octanol–water partition coefficient (Wildman–Crippen LogP) is 4.24. The summed E-state index contributed by atoms with van der Waals surface area (Å²) in [5.74, 6) is 0.153. The Morgan fingerprint density at radius 1 is 0.762 bits per heavy atom. The lowest BCUT2D eigenvalue weighted by Crippen LogP contribution is -2.23. The van der Waals surface area contributed by atoms with Crippen molar-refractivity contribution in [1.82, 2.24) is 0 Å². The van der Waals surface area contributed by atoms with Crippen molar-refractivity contribution < 1.29 is 4.74 Å². The fourth-order valence-electron chi connectivity index (χ4n) is 1.92. The van der Waals surface area contributed by atoms with E-state index in [2.05, 4.69) is 0 Å². The molecular weight excluding hydrogens is 260 g/mol. The van der Waals surface area contributed by atoms with Crippen LogP contribution in [0.2, 0.25) is 0 Å². The SMILES string of the molecule is CC(C)(C)OC(=N)c1ccc(C(=N)c2ccccc2)cc1. The van der Waals surface area contributed by atoms with E-state index in [1.807, 2.05) is 75.4 Å². The maximum atomic E-state index is 8.21. The van der Waals surface area contributed by atoms with Crippen LogP contribution in [0.3, 0.4) is 0 Å². The highest BCUT2D eigenvalue weighted by atomic mass is 16.5. The fraction of sp³-hybridized carbons (Fsp3) is 0.222. The zero-order valence-electron chi connectivity index (χ0n) is 12.6. The molecule has 0 saturated heterocycles. The molecule has 0 unspecified atom stereocenters. The lowest BCUT2D eigenvalue weighted by molar-refractivity contribution is 0.116. The third-order valence-electron chi connectivity index (χ3n) is 2.91. The highest BCUT2D eigenvalue weighted by molar-refractivity contribution is 6.11. The van der Waals surface area contributed by atoms with E-state index in [0.717, 1.165) is 16.7 Å². The Kier molecular flexibility index (Phi) is 4.22. The van der Waals surface area contributed by atoms with Gasteiger partial charge in [-0.05, 0) is 38.5 Å². The van der Waals surface area contributed by atoms with Crippen LogP contribution >= 0.6 is 0 Å². The Morgan fingerprint density at radius 3 is 1.76 bits per heavy atom. The summed E-state index contributed by atoms with van der Waals surface area (Å²) in [6.07, 6.45) is 0. The molecule has 2 aromatic rings. The minimum absolute atomic E-state index is 0.153. The molecule has 0 atom stereocenters. The van der Waals surface area contributed by atoms with Gasteiger partial charge in [-0.1, -0.05) is 42.5 Å². The Balaban J connectivity index is 2.16. The van der Waals surface area contributed by atoms with E-state index in [1.54, 1.807) is 0 Å². The van der Waals surface area contributed by atoms with Crippen LogP contribution in [-0.4, -0.2) is 17.2 Å². The summed E-state index contributed by atoms with van der Waals surface area (Å²) in [5, 5.41) is 16.2. The molecule has 0 aliphatic rings. The highest BCUT2D eigenvalue weighted by Crippen LogP contribution is 2.14. The molecule has 3 nitrogen and oxygen atoms in total. The van der Waals surface area contributed by atoms with Gasteiger partial charge in [0.25, 0.3) is 0 Å². The number of hydrogen-bond acceptors (Lipinski definition) is 3. The Bertz CT molecular complexity index is 637. The van der Waals surface area contributed by atoms with Crippen molar-refractivity contribution in [2.45, 2.75) is 26.4 Å². The van der Waals surface area contributed by atoms with Crippen LogP contribution in [0.1, 0.15) is 37.5 Å². The molecule has 0 amide bonds. The molecule has 0 saturated carbocycles. The average Bonchev–Trinajstić information content (AvgIpc) is 2.46. The summed E-state index contributed by atoms with van der Waals surface area (Å²) in [4.78, 5) is 0. The van der Waals surface area contributed by atoms with Gasteiger partial charge in [-0.25, -0.2) is 0 Å². The summed E-state index contributed by atoms with van der Waals surface area (Å²) < 4.78 is 5.54. The maximum absolute atomic E-state index is 8.21. The lowest BCUT2D eigenvalue weighted by atomic mass is 10.0. The second-order valence-electron chi connectivity index (χ2n) is 5.86. The number of hydrogen-bond donors (Lipinski definition) is 2. The van der Waals surface area contributed by atoms with Gasteiger partial charge < -0.3 is 4.74 Å². The topological polar surface area (TPSA) is 56.9 Å². The summed E-state index contributed by atoms with van der Waals surface area (Å²) in [6, 6.07) is 17.0. The third-order valence-corrected chi connectivity index (χ3v) is 2.91. The van der Waals surface area contributed by atoms with Crippen LogP contribution in [0.5, 0.6) is 0 Å². The van der Waals surface area contributed by atoms with Gasteiger partial charge in [0.2, 0.25) is 5.90 Å². The molecule has 0 spiro atoms. The van der Waals surface area contributed by atoms with Crippen LogP contribution in [0.15, 0.2) is 54.6 Å². The van der Waals surface area contributed by atoms with Gasteiger partial charge in [-0.15, -0.1) is 0 Å². The van der Waals surface area contributed by atoms with Crippen molar-refractivity contribution in [1.29, 1.82) is 10.8 Å². The van der Waals surface area contributed by atoms with E-state index in [-0.39, 0.29) is 11.5 Å². The number of benzene rings is 2. The second-order valence-corrected chi connectivity index (χ2v) is 5.86. The Morgan fingerprint density at radius 2 is 1.24 bits per heavy atom. The monoisotopic (exact) mass is 280 g/mol. The molecule has 0 heterocycles.